The van der Waals surface area contributed by atoms with Crippen molar-refractivity contribution in [2.75, 3.05) is 46.1 Å². The van der Waals surface area contributed by atoms with Crippen LogP contribution in [0, 0.1) is 0 Å². The molecule has 3 fully saturated rings. The molecule has 6 aromatic carbocycles. The van der Waals surface area contributed by atoms with Crippen molar-refractivity contribution in [1.29, 1.82) is 0 Å². The Bertz CT molecular complexity index is 3300. The van der Waals surface area contributed by atoms with Gasteiger partial charge >= 0.3 is 36.9 Å². The Morgan fingerprint density at radius 3 is 1.27 bits per heavy atom. The number of nitrogens with two attached hydrogens (primary N) is 1. The summed E-state index contributed by atoms with van der Waals surface area (Å²) < 4.78 is 192. The van der Waals surface area contributed by atoms with Crippen LogP contribution >= 0.6 is 0 Å². The van der Waals surface area contributed by atoms with E-state index >= 15 is 0 Å². The Morgan fingerprint density at radius 1 is 0.556 bits per heavy atom. The standard InChI is InChI=1S/C33H32F6N2O5.C31H32F6N2O4.CH4/c1-22(24-14-26(32(34,35)36)16-27(15-24)33(37,38)39)46-21-31(25-10-6-3-7-11-25)13-12-30(20-44-18-28(42)40-30)19-41(31)29(43)45-17-23-8-4-2-5-9-23;1-21(23-14-25(30(32,33)34)16-26(15-23)31(35,36)37)43-20-29(24-10-6-3-7-11-24)13-12-28(38,19-40)18-39(29)27(41)42-17-22-8-4-2-5-9-22;/h2-11,14-16,22H,12-13,17-21H2,1H3,(H,40,42);2-11,14-16,21,40H,12-13,17-20,38H2,1H3;1H4/t22-,30-,31-;21-,28-,29-;/m11./s1. The molecule has 13 nitrogen and oxygen atoms in total. The number of nitrogens with one attached hydrogen (secondary N) is 1. The van der Waals surface area contributed by atoms with Crippen molar-refractivity contribution in [3.8, 4) is 0 Å². The number of aliphatic hydroxyl groups is 1. The summed E-state index contributed by atoms with van der Waals surface area (Å²) in [6.07, 6.45) is -23.1. The fraction of sp³-hybridized carbons (Fsp3) is 0.400. The zero-order valence-electron chi connectivity index (χ0n) is 48.1. The monoisotopic (exact) mass is 1280 g/mol. The van der Waals surface area contributed by atoms with Crippen LogP contribution in [0.2, 0.25) is 0 Å². The molecular weight excluding hydrogens is 1210 g/mol. The predicted molar refractivity (Wildman–Crippen MR) is 305 cm³/mol. The molecule has 90 heavy (non-hydrogen) atoms. The summed E-state index contributed by atoms with van der Waals surface area (Å²) in [4.78, 5) is 42.7. The maximum atomic E-state index is 13.9. The van der Waals surface area contributed by atoms with Gasteiger partial charge in [0.15, 0.2) is 0 Å². The fourth-order valence-electron chi connectivity index (χ4n) is 11.1. The SMILES string of the molecule is C.C[C@@H](OC[C@@]1(c2ccccc2)CC[C@](N)(CO)CN1C(=O)OCc1ccccc1)c1cc(C(F)(F)F)cc(C(F)(F)F)c1.C[C@@H](OC[C@@]1(c2ccccc2)CC[C@]2(COCC(=O)N2)CN1C(=O)OCc1ccccc1)c1cc(C(F)(F)F)cc(C(F)(F)F)c1. The second-order valence-electron chi connectivity index (χ2n) is 22.5. The van der Waals surface area contributed by atoms with E-state index in [0.717, 1.165) is 5.56 Å². The maximum absolute atomic E-state index is 13.9. The summed E-state index contributed by atoms with van der Waals surface area (Å²) in [5.41, 5.74) is -2.11. The molecule has 0 saturated carbocycles. The topological polar surface area (TPSA) is 162 Å². The first-order valence-corrected chi connectivity index (χ1v) is 28.1. The molecule has 1 spiro atoms. The van der Waals surface area contributed by atoms with Crippen LogP contribution in [0.1, 0.15) is 115 Å². The lowest BCUT2D eigenvalue weighted by molar-refractivity contribution is -0.145. The Kier molecular flexibility index (Phi) is 21.9. The zero-order chi connectivity index (χ0) is 64.6. The second kappa shape index (κ2) is 28.2. The number of piperidine rings is 2. The molecule has 3 aliphatic heterocycles. The molecule has 6 aromatic rings. The van der Waals surface area contributed by atoms with E-state index in [1.54, 1.807) is 115 Å². The van der Waals surface area contributed by atoms with E-state index in [2.05, 4.69) is 5.32 Å². The van der Waals surface area contributed by atoms with Gasteiger partial charge in [0.25, 0.3) is 0 Å². The summed E-state index contributed by atoms with van der Waals surface area (Å²) in [7, 11) is 0. The van der Waals surface area contributed by atoms with Gasteiger partial charge in [0.05, 0.1) is 89.6 Å². The van der Waals surface area contributed by atoms with E-state index in [-0.39, 0.29) is 109 Å². The number of aliphatic hydroxyl groups excluding tert-OH is 1. The highest BCUT2D eigenvalue weighted by molar-refractivity contribution is 5.79. The average molecular weight is 1280 g/mol. The van der Waals surface area contributed by atoms with Crippen LogP contribution in [0.4, 0.5) is 62.3 Å². The summed E-state index contributed by atoms with van der Waals surface area (Å²) in [5.74, 6) is -0.356. The number of halogens is 12. The molecule has 486 valence electrons. The number of carbonyl (C=O) groups excluding carboxylic acids is 3. The zero-order valence-corrected chi connectivity index (χ0v) is 48.1. The van der Waals surface area contributed by atoms with E-state index < -0.39 is 100 Å². The average Bonchev–Trinajstić information content (AvgIpc) is 0.860. The van der Waals surface area contributed by atoms with Crippen LogP contribution in [0.15, 0.2) is 158 Å². The second-order valence-corrected chi connectivity index (χ2v) is 22.5. The van der Waals surface area contributed by atoms with Gasteiger partial charge in [-0.25, -0.2) is 9.59 Å². The smallest absolute Gasteiger partial charge is 0.416 e. The van der Waals surface area contributed by atoms with Gasteiger partial charge in [-0.05, 0) is 109 Å². The number of carbonyl (C=O) groups is 3. The van der Waals surface area contributed by atoms with Crippen molar-refractivity contribution in [2.24, 2.45) is 5.73 Å². The summed E-state index contributed by atoms with van der Waals surface area (Å²) in [6, 6.07) is 37.9. The van der Waals surface area contributed by atoms with Gasteiger partial charge in [-0.15, -0.1) is 0 Å². The molecule has 0 aromatic heterocycles. The number of alkyl halides is 12. The van der Waals surface area contributed by atoms with Crippen molar-refractivity contribution in [2.45, 2.75) is 119 Å². The molecule has 0 aliphatic carbocycles. The molecule has 3 amide bonds. The predicted octanol–water partition coefficient (Wildman–Crippen LogP) is 14.5. The third-order valence-corrected chi connectivity index (χ3v) is 16.1. The highest BCUT2D eigenvalue weighted by Crippen LogP contribution is 2.47. The van der Waals surface area contributed by atoms with Gasteiger partial charge < -0.3 is 39.8 Å². The molecule has 0 radical (unpaired) electrons. The van der Waals surface area contributed by atoms with Crippen LogP contribution in [0.3, 0.4) is 0 Å². The quantitative estimate of drug-likeness (QED) is 0.0844. The van der Waals surface area contributed by atoms with Crippen LogP contribution in [0.25, 0.3) is 0 Å². The van der Waals surface area contributed by atoms with Crippen molar-refractivity contribution in [3.05, 3.63) is 213 Å². The Morgan fingerprint density at radius 2 is 0.911 bits per heavy atom. The number of nitrogens with zero attached hydrogens (tertiary/aromatic N) is 2. The molecule has 3 heterocycles. The minimum absolute atomic E-state index is 0. The number of hydrogen-bond donors (Lipinski definition) is 3. The van der Waals surface area contributed by atoms with Gasteiger partial charge in [-0.2, -0.15) is 52.7 Å². The Hall–Kier alpha value is -7.71. The van der Waals surface area contributed by atoms with Gasteiger partial charge in [-0.1, -0.05) is 129 Å². The van der Waals surface area contributed by atoms with Crippen molar-refractivity contribution >= 4 is 18.1 Å². The summed E-state index contributed by atoms with van der Waals surface area (Å²) >= 11 is 0. The minimum atomic E-state index is -5.02. The van der Waals surface area contributed by atoms with Gasteiger partial charge in [-0.3, -0.25) is 14.6 Å². The van der Waals surface area contributed by atoms with Gasteiger partial charge in [0, 0.05) is 6.54 Å². The molecule has 6 atom stereocenters. The molecule has 0 bridgehead atoms. The number of likely N-dealkylation sites (tertiary alicyclic amines) is 2. The highest BCUT2D eigenvalue weighted by Gasteiger charge is 2.55. The van der Waals surface area contributed by atoms with Crippen LogP contribution in [-0.2, 0) is 77.5 Å². The normalized spacial score (nSPS) is 22.1. The lowest BCUT2D eigenvalue weighted by atomic mass is 9.74. The van der Waals surface area contributed by atoms with Crippen molar-refractivity contribution in [3.63, 3.8) is 0 Å². The molecule has 9 rings (SSSR count). The maximum Gasteiger partial charge on any atom is 0.416 e. The van der Waals surface area contributed by atoms with Crippen LogP contribution in [-0.4, -0.2) is 90.2 Å². The summed E-state index contributed by atoms with van der Waals surface area (Å²) in [6.45, 7) is 1.28. The first kappa shape index (κ1) is 69.8. The van der Waals surface area contributed by atoms with E-state index in [0.29, 0.717) is 47.4 Å². The van der Waals surface area contributed by atoms with Crippen molar-refractivity contribution < 1.29 is 95.9 Å². The Labute approximate surface area is 512 Å². The number of ether oxygens (including phenoxy) is 5. The molecule has 3 aliphatic rings. The third kappa shape index (κ3) is 16.8. The van der Waals surface area contributed by atoms with E-state index in [9.17, 15) is 72.2 Å². The Balaban J connectivity index is 0.000000254. The first-order valence-electron chi connectivity index (χ1n) is 28.1. The van der Waals surface area contributed by atoms with E-state index in [1.807, 2.05) is 6.07 Å². The number of hydrogen-bond acceptors (Lipinski definition) is 10. The largest absolute Gasteiger partial charge is 0.445 e. The third-order valence-electron chi connectivity index (χ3n) is 16.1. The number of amides is 3. The summed E-state index contributed by atoms with van der Waals surface area (Å²) in [5, 5.41) is 13.0. The number of rotatable bonds is 15. The van der Waals surface area contributed by atoms with Gasteiger partial charge in [0.1, 0.15) is 19.8 Å². The number of benzene rings is 6. The van der Waals surface area contributed by atoms with E-state index in [1.165, 1.54) is 23.6 Å². The van der Waals surface area contributed by atoms with E-state index in [4.69, 9.17) is 29.4 Å². The fourth-order valence-corrected chi connectivity index (χ4v) is 11.1. The lowest BCUT2D eigenvalue weighted by Gasteiger charge is -2.54. The minimum Gasteiger partial charge on any atom is -0.445 e. The molecular formula is C65H68F12N4O9. The van der Waals surface area contributed by atoms with Crippen LogP contribution in [0.5, 0.6) is 0 Å². The first-order chi connectivity index (χ1) is 41.9. The van der Waals surface area contributed by atoms with Crippen LogP contribution < -0.4 is 11.1 Å². The number of morpholine rings is 1. The lowest BCUT2D eigenvalue weighted by Crippen LogP contribution is -2.70. The van der Waals surface area contributed by atoms with Crippen molar-refractivity contribution in [1.82, 2.24) is 15.1 Å². The molecule has 0 unspecified atom stereocenters. The molecule has 25 heteroatoms. The highest BCUT2D eigenvalue weighted by atomic mass is 19.4. The van der Waals surface area contributed by atoms with Gasteiger partial charge in [0.2, 0.25) is 5.91 Å². The molecule has 4 N–H and O–H groups in total. The molecule has 3 saturated heterocycles.